The number of halogens is 3. The van der Waals surface area contributed by atoms with Gasteiger partial charge in [-0.1, -0.05) is 77.3 Å². The zero-order valence-corrected chi connectivity index (χ0v) is 27.1. The third-order valence-corrected chi connectivity index (χ3v) is 8.35. The molecular formula is C30H34Cl3N3O5S. The van der Waals surface area contributed by atoms with Crippen molar-refractivity contribution in [1.82, 2.24) is 10.2 Å². The number of rotatable bonds is 11. The smallest absolute Gasteiger partial charge is 0.244 e. The molecule has 0 aromatic heterocycles. The van der Waals surface area contributed by atoms with Gasteiger partial charge in [0.15, 0.2) is 0 Å². The van der Waals surface area contributed by atoms with Gasteiger partial charge in [-0.15, -0.1) is 0 Å². The minimum atomic E-state index is -4.04. The summed E-state index contributed by atoms with van der Waals surface area (Å²) >= 11 is 18.6. The summed E-state index contributed by atoms with van der Waals surface area (Å²) in [6.07, 6.45) is 1.14. The SMILES string of the molecule is COc1cccc(CN(C(=O)CN(c2cc(Cl)c(Cl)cc2Cl)S(C)(=O)=O)[C@@H](Cc2ccccc2)C(=O)NC(C)(C)C)c1. The molecule has 0 aliphatic rings. The van der Waals surface area contributed by atoms with Crippen molar-refractivity contribution < 1.29 is 22.7 Å². The van der Waals surface area contributed by atoms with Crippen LogP contribution in [0.15, 0.2) is 66.7 Å². The number of nitrogens with zero attached hydrogens (tertiary/aromatic N) is 2. The van der Waals surface area contributed by atoms with Crippen LogP contribution in [0.25, 0.3) is 0 Å². The molecule has 0 aliphatic carbocycles. The van der Waals surface area contributed by atoms with Gasteiger partial charge in [0, 0.05) is 18.5 Å². The number of methoxy groups -OCH3 is 1. The minimum absolute atomic E-state index is 0.00218. The monoisotopic (exact) mass is 653 g/mol. The van der Waals surface area contributed by atoms with Crippen LogP contribution in [0.1, 0.15) is 31.9 Å². The van der Waals surface area contributed by atoms with E-state index in [1.165, 1.54) is 24.1 Å². The van der Waals surface area contributed by atoms with Gasteiger partial charge in [-0.25, -0.2) is 8.42 Å². The third kappa shape index (κ3) is 9.26. The average Bonchev–Trinajstić information content (AvgIpc) is 2.90. The Morgan fingerprint density at radius 2 is 1.52 bits per heavy atom. The zero-order chi connectivity index (χ0) is 31.2. The Hall–Kier alpha value is -2.98. The molecule has 0 saturated carbocycles. The molecule has 0 heterocycles. The molecular weight excluding hydrogens is 621 g/mol. The standard InChI is InChI=1S/C30H34Cl3N3O5S/c1-30(2,3)34-29(38)27(15-20-10-7-6-8-11-20)35(18-21-12-9-13-22(14-21)41-4)28(37)19-36(42(5,39)40)26-17-24(32)23(31)16-25(26)33/h6-14,16-17,27H,15,18-19H2,1-5H3,(H,34,38)/t27-/m0/s1. The molecule has 0 bridgehead atoms. The molecule has 3 rings (SSSR count). The highest BCUT2D eigenvalue weighted by molar-refractivity contribution is 7.92. The van der Waals surface area contributed by atoms with Gasteiger partial charge in [-0.05, 0) is 56.2 Å². The molecule has 0 spiro atoms. The summed E-state index contributed by atoms with van der Waals surface area (Å²) in [7, 11) is -2.51. The lowest BCUT2D eigenvalue weighted by molar-refractivity contribution is -0.140. The maximum absolute atomic E-state index is 14.2. The Balaban J connectivity index is 2.13. The fourth-order valence-corrected chi connectivity index (χ4v) is 5.82. The number of hydrogen-bond donors (Lipinski definition) is 1. The van der Waals surface area contributed by atoms with Crippen LogP contribution in [0.5, 0.6) is 5.75 Å². The lowest BCUT2D eigenvalue weighted by Gasteiger charge is -2.35. The second-order valence-electron chi connectivity index (χ2n) is 10.8. The van der Waals surface area contributed by atoms with Crippen molar-refractivity contribution in [1.29, 1.82) is 0 Å². The number of carbonyl (C=O) groups is 2. The molecule has 42 heavy (non-hydrogen) atoms. The summed E-state index contributed by atoms with van der Waals surface area (Å²) in [6.45, 7) is 4.88. The minimum Gasteiger partial charge on any atom is -0.497 e. The fraction of sp³-hybridized carbons (Fsp3) is 0.333. The van der Waals surface area contributed by atoms with Crippen LogP contribution in [-0.4, -0.2) is 56.6 Å². The first-order chi connectivity index (χ1) is 19.6. The molecule has 0 saturated heterocycles. The van der Waals surface area contributed by atoms with E-state index in [4.69, 9.17) is 39.5 Å². The van der Waals surface area contributed by atoms with Gasteiger partial charge in [-0.3, -0.25) is 13.9 Å². The molecule has 0 aliphatic heterocycles. The summed E-state index contributed by atoms with van der Waals surface area (Å²) in [5.41, 5.74) is 0.899. The largest absolute Gasteiger partial charge is 0.497 e. The van der Waals surface area contributed by atoms with Crippen molar-refractivity contribution in [2.75, 3.05) is 24.2 Å². The Morgan fingerprint density at radius 3 is 2.12 bits per heavy atom. The van der Waals surface area contributed by atoms with E-state index in [-0.39, 0.29) is 39.6 Å². The topological polar surface area (TPSA) is 96.0 Å². The molecule has 1 atom stereocenters. The number of ether oxygens (including phenoxy) is 1. The first-order valence-corrected chi connectivity index (χ1v) is 16.0. The Labute approximate surface area is 262 Å². The number of benzene rings is 3. The fourth-order valence-electron chi connectivity index (χ4n) is 4.27. The van der Waals surface area contributed by atoms with Gasteiger partial charge < -0.3 is 15.0 Å². The van der Waals surface area contributed by atoms with E-state index in [1.54, 1.807) is 24.3 Å². The van der Waals surface area contributed by atoms with Gasteiger partial charge in [0.2, 0.25) is 21.8 Å². The van der Waals surface area contributed by atoms with Gasteiger partial charge in [0.1, 0.15) is 18.3 Å². The van der Waals surface area contributed by atoms with Gasteiger partial charge in [-0.2, -0.15) is 0 Å². The molecule has 3 aromatic carbocycles. The van der Waals surface area contributed by atoms with E-state index in [1.807, 2.05) is 51.1 Å². The second kappa shape index (κ2) is 14.0. The van der Waals surface area contributed by atoms with E-state index in [0.29, 0.717) is 11.3 Å². The molecule has 12 heteroatoms. The lowest BCUT2D eigenvalue weighted by atomic mass is 10.0. The van der Waals surface area contributed by atoms with Crippen molar-refractivity contribution >= 4 is 62.3 Å². The van der Waals surface area contributed by atoms with Crippen LogP contribution >= 0.6 is 34.8 Å². The van der Waals surface area contributed by atoms with E-state index in [0.717, 1.165) is 16.1 Å². The molecule has 1 N–H and O–H groups in total. The summed E-state index contributed by atoms with van der Waals surface area (Å²) in [5.74, 6) is -0.449. The van der Waals surface area contributed by atoms with Gasteiger partial charge in [0.25, 0.3) is 0 Å². The molecule has 2 amide bonds. The lowest BCUT2D eigenvalue weighted by Crippen LogP contribution is -2.56. The van der Waals surface area contributed by atoms with Crippen LogP contribution in [0.4, 0.5) is 5.69 Å². The van der Waals surface area contributed by atoms with Crippen LogP contribution in [0, 0.1) is 0 Å². The number of carbonyl (C=O) groups excluding carboxylic acids is 2. The molecule has 0 fully saturated rings. The summed E-state index contributed by atoms with van der Waals surface area (Å²) in [5, 5.41) is 3.17. The number of nitrogens with one attached hydrogen (secondary N) is 1. The van der Waals surface area contributed by atoms with Crippen LogP contribution in [-0.2, 0) is 32.6 Å². The van der Waals surface area contributed by atoms with E-state index >= 15 is 0 Å². The van der Waals surface area contributed by atoms with Crippen molar-refractivity contribution in [3.05, 3.63) is 92.9 Å². The molecule has 0 radical (unpaired) electrons. The van der Waals surface area contributed by atoms with Crippen LogP contribution in [0.3, 0.4) is 0 Å². The molecule has 0 unspecified atom stereocenters. The highest BCUT2D eigenvalue weighted by Crippen LogP contribution is 2.35. The quantitative estimate of drug-likeness (QED) is 0.257. The maximum atomic E-state index is 14.2. The summed E-state index contributed by atoms with van der Waals surface area (Å²) in [4.78, 5) is 29.4. The first kappa shape index (κ1) is 33.5. The normalized spacial score (nSPS) is 12.4. The molecule has 3 aromatic rings. The van der Waals surface area contributed by atoms with Crippen molar-refractivity contribution in [3.8, 4) is 5.75 Å². The van der Waals surface area contributed by atoms with Gasteiger partial charge >= 0.3 is 0 Å². The van der Waals surface area contributed by atoms with Gasteiger partial charge in [0.05, 0.1) is 34.1 Å². The van der Waals surface area contributed by atoms with E-state index in [2.05, 4.69) is 5.32 Å². The van der Waals surface area contributed by atoms with Crippen LogP contribution < -0.4 is 14.4 Å². The number of anilines is 1. The summed E-state index contributed by atoms with van der Waals surface area (Å²) in [6, 6.07) is 18.0. The third-order valence-electron chi connectivity index (χ3n) is 6.19. The number of hydrogen-bond acceptors (Lipinski definition) is 5. The average molecular weight is 655 g/mol. The van der Waals surface area contributed by atoms with Crippen molar-refractivity contribution in [3.63, 3.8) is 0 Å². The Morgan fingerprint density at radius 1 is 0.905 bits per heavy atom. The predicted octanol–water partition coefficient (Wildman–Crippen LogP) is 5.98. The maximum Gasteiger partial charge on any atom is 0.244 e. The summed E-state index contributed by atoms with van der Waals surface area (Å²) < 4.78 is 32.2. The molecule has 226 valence electrons. The van der Waals surface area contributed by atoms with E-state index in [9.17, 15) is 18.0 Å². The number of sulfonamides is 1. The second-order valence-corrected chi connectivity index (χ2v) is 13.9. The number of amides is 2. The Bertz CT molecular complexity index is 1530. The zero-order valence-electron chi connectivity index (χ0n) is 24.0. The first-order valence-electron chi connectivity index (χ1n) is 13.0. The highest BCUT2D eigenvalue weighted by Gasteiger charge is 2.35. The highest BCUT2D eigenvalue weighted by atomic mass is 35.5. The van der Waals surface area contributed by atoms with Crippen molar-refractivity contribution in [2.24, 2.45) is 0 Å². The Kier molecular flexibility index (Phi) is 11.2. The molecule has 8 nitrogen and oxygen atoms in total. The predicted molar refractivity (Wildman–Crippen MR) is 169 cm³/mol. The van der Waals surface area contributed by atoms with E-state index < -0.39 is 34.1 Å². The van der Waals surface area contributed by atoms with Crippen LogP contribution in [0.2, 0.25) is 15.1 Å². The van der Waals surface area contributed by atoms with Crippen molar-refractivity contribution in [2.45, 2.75) is 45.3 Å².